The number of nitrogens with zero attached hydrogens (tertiary/aromatic N) is 1. The van der Waals surface area contributed by atoms with E-state index in [-0.39, 0.29) is 0 Å². The Morgan fingerprint density at radius 1 is 1.18 bits per heavy atom. The van der Waals surface area contributed by atoms with Crippen LogP contribution in [0.15, 0.2) is 42.7 Å². The molecule has 88 valence electrons. The molecular weight excluding hydrogens is 212 g/mol. The minimum atomic E-state index is 0.815. The summed E-state index contributed by atoms with van der Waals surface area (Å²) >= 11 is 0. The highest BCUT2D eigenvalue weighted by atomic mass is 16.5. The van der Waals surface area contributed by atoms with E-state index in [1.54, 1.807) is 7.11 Å². The predicted octanol–water partition coefficient (Wildman–Crippen LogP) is 2.48. The number of nitrogens with one attached hydrogen (secondary N) is 1. The lowest BCUT2D eigenvalue weighted by atomic mass is 10.0. The van der Waals surface area contributed by atoms with Gasteiger partial charge in [0, 0.05) is 18.9 Å². The molecule has 0 spiro atoms. The van der Waals surface area contributed by atoms with E-state index >= 15 is 0 Å². The Morgan fingerprint density at radius 2 is 1.94 bits per heavy atom. The molecule has 1 heterocycles. The fourth-order valence-electron chi connectivity index (χ4n) is 1.81. The third-order valence-electron chi connectivity index (χ3n) is 2.67. The van der Waals surface area contributed by atoms with Crippen molar-refractivity contribution in [3.05, 3.63) is 48.3 Å². The van der Waals surface area contributed by atoms with Gasteiger partial charge in [-0.25, -0.2) is 0 Å². The summed E-state index contributed by atoms with van der Waals surface area (Å²) in [5.74, 6) is 0.873. The summed E-state index contributed by atoms with van der Waals surface area (Å²) < 4.78 is 5.16. The van der Waals surface area contributed by atoms with Gasteiger partial charge < -0.3 is 10.1 Å². The van der Waals surface area contributed by atoms with Crippen LogP contribution in [0.2, 0.25) is 0 Å². The van der Waals surface area contributed by atoms with Crippen molar-refractivity contribution in [2.75, 3.05) is 14.2 Å². The highest BCUT2D eigenvalue weighted by Gasteiger charge is 2.04. The Balaban J connectivity index is 2.37. The first-order valence-electron chi connectivity index (χ1n) is 5.57. The number of pyridine rings is 1. The lowest BCUT2D eigenvalue weighted by molar-refractivity contribution is 0.415. The number of hydrogen-bond acceptors (Lipinski definition) is 3. The summed E-state index contributed by atoms with van der Waals surface area (Å²) in [6, 6.07) is 10.1. The maximum atomic E-state index is 5.16. The van der Waals surface area contributed by atoms with Crippen LogP contribution in [-0.4, -0.2) is 19.1 Å². The molecule has 0 bridgehead atoms. The first-order valence-corrected chi connectivity index (χ1v) is 5.57. The van der Waals surface area contributed by atoms with Crippen LogP contribution in [-0.2, 0) is 6.54 Å². The van der Waals surface area contributed by atoms with Crippen molar-refractivity contribution in [1.29, 1.82) is 0 Å². The first kappa shape index (κ1) is 11.6. The number of aromatic nitrogens is 1. The van der Waals surface area contributed by atoms with Crippen molar-refractivity contribution >= 4 is 0 Å². The number of methoxy groups -OCH3 is 1. The molecule has 0 unspecified atom stereocenters. The number of benzene rings is 1. The van der Waals surface area contributed by atoms with E-state index in [1.807, 2.05) is 37.6 Å². The zero-order chi connectivity index (χ0) is 12.1. The quantitative estimate of drug-likeness (QED) is 0.873. The van der Waals surface area contributed by atoms with Gasteiger partial charge in [0.05, 0.1) is 7.11 Å². The molecule has 3 nitrogen and oxygen atoms in total. The van der Waals surface area contributed by atoms with Gasteiger partial charge in [-0.2, -0.15) is 0 Å². The van der Waals surface area contributed by atoms with Crippen LogP contribution in [0.1, 0.15) is 5.56 Å². The van der Waals surface area contributed by atoms with Crippen molar-refractivity contribution in [3.8, 4) is 16.9 Å². The topological polar surface area (TPSA) is 34.2 Å². The number of ether oxygens (including phenoxy) is 1. The molecule has 1 aromatic carbocycles. The smallest absolute Gasteiger partial charge is 0.118 e. The summed E-state index contributed by atoms with van der Waals surface area (Å²) in [5.41, 5.74) is 3.58. The van der Waals surface area contributed by atoms with Gasteiger partial charge >= 0.3 is 0 Å². The van der Waals surface area contributed by atoms with Crippen LogP contribution >= 0.6 is 0 Å². The predicted molar refractivity (Wildman–Crippen MR) is 69.0 cm³/mol. The average molecular weight is 228 g/mol. The van der Waals surface area contributed by atoms with Gasteiger partial charge in [-0.1, -0.05) is 12.1 Å². The Labute approximate surface area is 101 Å². The van der Waals surface area contributed by atoms with Crippen molar-refractivity contribution in [3.63, 3.8) is 0 Å². The molecule has 0 aliphatic heterocycles. The van der Waals surface area contributed by atoms with Crippen LogP contribution in [0.25, 0.3) is 11.1 Å². The highest BCUT2D eigenvalue weighted by molar-refractivity contribution is 5.67. The van der Waals surface area contributed by atoms with E-state index in [0.717, 1.165) is 12.3 Å². The highest BCUT2D eigenvalue weighted by Crippen LogP contribution is 2.24. The van der Waals surface area contributed by atoms with Crippen LogP contribution < -0.4 is 10.1 Å². The molecule has 2 rings (SSSR count). The van der Waals surface area contributed by atoms with Gasteiger partial charge in [-0.15, -0.1) is 0 Å². The van der Waals surface area contributed by atoms with Crippen molar-refractivity contribution in [1.82, 2.24) is 10.3 Å². The van der Waals surface area contributed by atoms with Gasteiger partial charge in [-0.3, -0.25) is 4.98 Å². The molecule has 0 aliphatic carbocycles. The second kappa shape index (κ2) is 5.46. The molecule has 17 heavy (non-hydrogen) atoms. The standard InChI is InChI=1S/C14H16N2O/c1-15-9-12-10-16-8-7-14(12)11-3-5-13(17-2)6-4-11/h3-8,10,15H,9H2,1-2H3. The van der Waals surface area contributed by atoms with E-state index in [2.05, 4.69) is 22.4 Å². The largest absolute Gasteiger partial charge is 0.497 e. The fraction of sp³-hybridized carbons (Fsp3) is 0.214. The maximum absolute atomic E-state index is 5.16. The van der Waals surface area contributed by atoms with Crippen LogP contribution in [0.5, 0.6) is 5.75 Å². The summed E-state index contributed by atoms with van der Waals surface area (Å²) in [5, 5.41) is 3.15. The van der Waals surface area contributed by atoms with Gasteiger partial charge in [0.25, 0.3) is 0 Å². The monoisotopic (exact) mass is 228 g/mol. The van der Waals surface area contributed by atoms with Crippen molar-refractivity contribution in [2.24, 2.45) is 0 Å². The van der Waals surface area contributed by atoms with Gasteiger partial charge in [-0.05, 0) is 41.9 Å². The van der Waals surface area contributed by atoms with Gasteiger partial charge in [0.15, 0.2) is 0 Å². The van der Waals surface area contributed by atoms with Gasteiger partial charge in [0.2, 0.25) is 0 Å². The summed E-state index contributed by atoms with van der Waals surface area (Å²) in [7, 11) is 3.61. The molecule has 0 fully saturated rings. The van der Waals surface area contributed by atoms with Gasteiger partial charge in [0.1, 0.15) is 5.75 Å². The van der Waals surface area contributed by atoms with E-state index in [1.165, 1.54) is 16.7 Å². The molecule has 1 aromatic heterocycles. The van der Waals surface area contributed by atoms with E-state index < -0.39 is 0 Å². The molecule has 1 N–H and O–H groups in total. The molecule has 0 saturated heterocycles. The summed E-state index contributed by atoms with van der Waals surface area (Å²) in [4.78, 5) is 4.16. The first-order chi connectivity index (χ1) is 8.35. The molecule has 3 heteroatoms. The zero-order valence-electron chi connectivity index (χ0n) is 10.1. The van der Waals surface area contributed by atoms with Crippen LogP contribution in [0, 0.1) is 0 Å². The van der Waals surface area contributed by atoms with E-state index in [4.69, 9.17) is 4.74 Å². The number of hydrogen-bond donors (Lipinski definition) is 1. The van der Waals surface area contributed by atoms with Crippen LogP contribution in [0.3, 0.4) is 0 Å². The molecule has 2 aromatic rings. The summed E-state index contributed by atoms with van der Waals surface area (Å²) in [6.45, 7) is 0.815. The minimum Gasteiger partial charge on any atom is -0.497 e. The SMILES string of the molecule is CNCc1cnccc1-c1ccc(OC)cc1. The van der Waals surface area contributed by atoms with Crippen molar-refractivity contribution < 1.29 is 4.74 Å². The van der Waals surface area contributed by atoms with E-state index in [0.29, 0.717) is 0 Å². The summed E-state index contributed by atoms with van der Waals surface area (Å²) in [6.07, 6.45) is 3.72. The Hall–Kier alpha value is -1.87. The zero-order valence-corrected chi connectivity index (χ0v) is 10.1. The maximum Gasteiger partial charge on any atom is 0.118 e. The molecule has 0 radical (unpaired) electrons. The second-order valence-corrected chi connectivity index (χ2v) is 3.79. The van der Waals surface area contributed by atoms with Crippen molar-refractivity contribution in [2.45, 2.75) is 6.54 Å². The normalized spacial score (nSPS) is 10.2. The lowest BCUT2D eigenvalue weighted by Gasteiger charge is -2.09. The molecule has 0 amide bonds. The Bertz CT molecular complexity index is 480. The molecular formula is C14H16N2O. The molecule has 0 saturated carbocycles. The minimum absolute atomic E-state index is 0.815. The molecule has 0 atom stereocenters. The van der Waals surface area contributed by atoms with E-state index in [9.17, 15) is 0 Å². The average Bonchev–Trinajstić information content (AvgIpc) is 2.40. The second-order valence-electron chi connectivity index (χ2n) is 3.79. The Kier molecular flexibility index (Phi) is 3.73. The lowest BCUT2D eigenvalue weighted by Crippen LogP contribution is -2.06. The third-order valence-corrected chi connectivity index (χ3v) is 2.67. The Morgan fingerprint density at radius 3 is 2.59 bits per heavy atom. The fourth-order valence-corrected chi connectivity index (χ4v) is 1.81. The molecule has 0 aliphatic rings. The van der Waals surface area contributed by atoms with Crippen LogP contribution in [0.4, 0.5) is 0 Å². The number of rotatable bonds is 4. The third kappa shape index (κ3) is 2.63.